The molecule has 80 valence electrons. The Bertz CT molecular complexity index is 344. The van der Waals surface area contributed by atoms with Gasteiger partial charge in [-0.15, -0.1) is 0 Å². The van der Waals surface area contributed by atoms with Crippen molar-refractivity contribution in [2.75, 3.05) is 6.61 Å². The van der Waals surface area contributed by atoms with E-state index in [4.69, 9.17) is 10.00 Å². The fraction of sp³-hybridized carbons (Fsp3) is 0.500. The Balaban J connectivity index is 2.47. The van der Waals surface area contributed by atoms with Crippen LogP contribution in [-0.4, -0.2) is 11.6 Å². The molecule has 0 aliphatic carbocycles. The maximum absolute atomic E-state index is 8.66. The van der Waals surface area contributed by atoms with Crippen molar-refractivity contribution in [1.29, 1.82) is 5.26 Å². The van der Waals surface area contributed by atoms with E-state index in [-0.39, 0.29) is 0 Å². The molecule has 0 saturated heterocycles. The summed E-state index contributed by atoms with van der Waals surface area (Å²) in [6, 6.07) is 7.22. The summed E-state index contributed by atoms with van der Waals surface area (Å²) in [5, 5.41) is 8.66. The first kappa shape index (κ1) is 11.5. The van der Waals surface area contributed by atoms with Crippen molar-refractivity contribution in [3.05, 3.63) is 23.9 Å². The lowest BCUT2D eigenvalue weighted by Gasteiger charge is -2.10. The molecular formula is C12H16N2O. The highest BCUT2D eigenvalue weighted by Crippen LogP contribution is 2.10. The Labute approximate surface area is 90.7 Å². The van der Waals surface area contributed by atoms with Crippen molar-refractivity contribution in [3.63, 3.8) is 0 Å². The molecule has 0 saturated carbocycles. The van der Waals surface area contributed by atoms with Crippen LogP contribution in [0.4, 0.5) is 0 Å². The van der Waals surface area contributed by atoms with Gasteiger partial charge in [0.2, 0.25) is 5.88 Å². The highest BCUT2D eigenvalue weighted by molar-refractivity contribution is 5.24. The molecule has 1 aromatic heterocycles. The molecule has 3 nitrogen and oxygen atoms in total. The van der Waals surface area contributed by atoms with Crippen LogP contribution in [-0.2, 0) is 0 Å². The van der Waals surface area contributed by atoms with Gasteiger partial charge in [-0.05, 0) is 18.4 Å². The molecule has 0 fully saturated rings. The van der Waals surface area contributed by atoms with Crippen LogP contribution in [0.2, 0.25) is 0 Å². The van der Waals surface area contributed by atoms with E-state index < -0.39 is 0 Å². The summed E-state index contributed by atoms with van der Waals surface area (Å²) < 4.78 is 5.50. The van der Waals surface area contributed by atoms with E-state index in [9.17, 15) is 0 Å². The molecule has 0 aromatic carbocycles. The van der Waals surface area contributed by atoms with Crippen molar-refractivity contribution < 1.29 is 4.74 Å². The van der Waals surface area contributed by atoms with Gasteiger partial charge in [0, 0.05) is 6.07 Å². The van der Waals surface area contributed by atoms with Crippen molar-refractivity contribution in [2.24, 2.45) is 5.92 Å². The largest absolute Gasteiger partial charge is 0.477 e. The van der Waals surface area contributed by atoms with Crippen LogP contribution >= 0.6 is 0 Å². The van der Waals surface area contributed by atoms with Gasteiger partial charge in [-0.1, -0.05) is 26.3 Å². The van der Waals surface area contributed by atoms with Crippen LogP contribution < -0.4 is 4.74 Å². The fourth-order valence-electron chi connectivity index (χ4n) is 1.36. The van der Waals surface area contributed by atoms with Crippen molar-refractivity contribution in [2.45, 2.75) is 26.7 Å². The van der Waals surface area contributed by atoms with Gasteiger partial charge in [0.15, 0.2) is 0 Å². The van der Waals surface area contributed by atoms with E-state index in [0.717, 1.165) is 12.8 Å². The van der Waals surface area contributed by atoms with E-state index >= 15 is 0 Å². The number of hydrogen-bond acceptors (Lipinski definition) is 3. The second-order valence-corrected chi connectivity index (χ2v) is 3.68. The Hall–Kier alpha value is -1.56. The molecule has 15 heavy (non-hydrogen) atoms. The molecular weight excluding hydrogens is 188 g/mol. The van der Waals surface area contributed by atoms with E-state index in [1.807, 2.05) is 6.07 Å². The second-order valence-electron chi connectivity index (χ2n) is 3.68. The van der Waals surface area contributed by atoms with Gasteiger partial charge in [-0.25, -0.2) is 4.98 Å². The average molecular weight is 204 g/mol. The molecule has 0 radical (unpaired) electrons. The molecule has 1 heterocycles. The molecule has 1 unspecified atom stereocenters. The maximum Gasteiger partial charge on any atom is 0.214 e. The highest BCUT2D eigenvalue weighted by Gasteiger charge is 2.03. The smallest absolute Gasteiger partial charge is 0.214 e. The summed E-state index contributed by atoms with van der Waals surface area (Å²) in [6.07, 6.45) is 2.31. The predicted octanol–water partition coefficient (Wildman–Crippen LogP) is 2.77. The number of aromatic nitrogens is 1. The molecule has 0 spiro atoms. The molecule has 0 N–H and O–H groups in total. The molecule has 1 rings (SSSR count). The molecule has 0 bridgehead atoms. The van der Waals surface area contributed by atoms with Crippen LogP contribution in [0.15, 0.2) is 18.2 Å². The number of nitrogens with zero attached hydrogens (tertiary/aromatic N) is 2. The van der Waals surface area contributed by atoms with Crippen LogP contribution in [0.5, 0.6) is 5.88 Å². The van der Waals surface area contributed by atoms with Crippen molar-refractivity contribution >= 4 is 0 Å². The summed E-state index contributed by atoms with van der Waals surface area (Å²) in [5.74, 6) is 1.07. The Morgan fingerprint density at radius 1 is 1.53 bits per heavy atom. The van der Waals surface area contributed by atoms with Crippen molar-refractivity contribution in [1.82, 2.24) is 4.98 Å². The van der Waals surface area contributed by atoms with Crippen LogP contribution in [0, 0.1) is 17.2 Å². The maximum atomic E-state index is 8.66. The standard InChI is InChI=1S/C12H16N2O/c1-3-5-10(2)9-15-12-7-4-6-11(8-13)14-12/h4,6-7,10H,3,5,9H2,1-2H3. The van der Waals surface area contributed by atoms with Gasteiger partial charge in [0.1, 0.15) is 11.8 Å². The quantitative estimate of drug-likeness (QED) is 0.740. The third-order valence-electron chi connectivity index (χ3n) is 2.14. The molecule has 3 heteroatoms. The Morgan fingerprint density at radius 3 is 3.00 bits per heavy atom. The number of nitriles is 1. The summed E-state index contributed by atoms with van der Waals surface area (Å²) in [6.45, 7) is 4.97. The summed E-state index contributed by atoms with van der Waals surface area (Å²) in [5.41, 5.74) is 0.399. The molecule has 1 aromatic rings. The first-order valence-electron chi connectivity index (χ1n) is 5.26. The number of hydrogen-bond donors (Lipinski definition) is 0. The van der Waals surface area contributed by atoms with Gasteiger partial charge in [-0.3, -0.25) is 0 Å². The molecule has 0 aliphatic rings. The minimum atomic E-state index is 0.399. The topological polar surface area (TPSA) is 45.9 Å². The molecule has 0 aliphatic heterocycles. The van der Waals surface area contributed by atoms with Crippen LogP contribution in [0.1, 0.15) is 32.4 Å². The lowest BCUT2D eigenvalue weighted by Crippen LogP contribution is -2.09. The third-order valence-corrected chi connectivity index (χ3v) is 2.14. The predicted molar refractivity (Wildman–Crippen MR) is 58.5 cm³/mol. The van der Waals surface area contributed by atoms with E-state index in [0.29, 0.717) is 24.1 Å². The average Bonchev–Trinajstić information content (AvgIpc) is 2.27. The van der Waals surface area contributed by atoms with Crippen LogP contribution in [0.25, 0.3) is 0 Å². The highest BCUT2D eigenvalue weighted by atomic mass is 16.5. The lowest BCUT2D eigenvalue weighted by molar-refractivity contribution is 0.243. The molecule has 0 amide bonds. The fourth-order valence-corrected chi connectivity index (χ4v) is 1.36. The minimum absolute atomic E-state index is 0.399. The number of rotatable bonds is 5. The second kappa shape index (κ2) is 6.02. The number of ether oxygens (including phenoxy) is 1. The van der Waals surface area contributed by atoms with E-state index in [2.05, 4.69) is 18.8 Å². The summed E-state index contributed by atoms with van der Waals surface area (Å²) in [7, 11) is 0. The molecule has 1 atom stereocenters. The zero-order valence-electron chi connectivity index (χ0n) is 9.23. The van der Waals surface area contributed by atoms with Crippen LogP contribution in [0.3, 0.4) is 0 Å². The third kappa shape index (κ3) is 3.99. The normalized spacial score (nSPS) is 11.8. The van der Waals surface area contributed by atoms with E-state index in [1.165, 1.54) is 0 Å². The van der Waals surface area contributed by atoms with Gasteiger partial charge < -0.3 is 4.74 Å². The summed E-state index contributed by atoms with van der Waals surface area (Å²) in [4.78, 5) is 4.04. The van der Waals surface area contributed by atoms with Gasteiger partial charge in [0.25, 0.3) is 0 Å². The minimum Gasteiger partial charge on any atom is -0.477 e. The monoisotopic (exact) mass is 204 g/mol. The first-order chi connectivity index (χ1) is 7.26. The zero-order chi connectivity index (χ0) is 11.1. The SMILES string of the molecule is CCCC(C)COc1cccc(C#N)n1. The summed E-state index contributed by atoms with van der Waals surface area (Å²) >= 11 is 0. The zero-order valence-corrected chi connectivity index (χ0v) is 9.23. The van der Waals surface area contributed by atoms with E-state index in [1.54, 1.807) is 18.2 Å². The first-order valence-corrected chi connectivity index (χ1v) is 5.26. The van der Waals surface area contributed by atoms with Gasteiger partial charge in [0.05, 0.1) is 6.61 Å². The Morgan fingerprint density at radius 2 is 2.33 bits per heavy atom. The van der Waals surface area contributed by atoms with Crippen molar-refractivity contribution in [3.8, 4) is 11.9 Å². The number of pyridine rings is 1. The van der Waals surface area contributed by atoms with Gasteiger partial charge in [-0.2, -0.15) is 5.26 Å². The van der Waals surface area contributed by atoms with Gasteiger partial charge >= 0.3 is 0 Å². The Kier molecular flexibility index (Phi) is 4.62. The lowest BCUT2D eigenvalue weighted by atomic mass is 10.1.